The molecule has 0 N–H and O–H groups in total. The summed E-state index contributed by atoms with van der Waals surface area (Å²) < 4.78 is 53.7. The molecule has 0 saturated carbocycles. The lowest BCUT2D eigenvalue weighted by atomic mass is 10.0. The molecule has 0 radical (unpaired) electrons. The molecule has 1 unspecified atom stereocenters. The van der Waals surface area contributed by atoms with Crippen molar-refractivity contribution in [3.63, 3.8) is 0 Å². The number of alkyl halides is 3. The van der Waals surface area contributed by atoms with Crippen LogP contribution in [0.15, 0.2) is 48.5 Å². The summed E-state index contributed by atoms with van der Waals surface area (Å²) in [6, 6.07) is 10.9. The quantitative estimate of drug-likeness (QED) is 0.601. The molecule has 0 bridgehead atoms. The van der Waals surface area contributed by atoms with E-state index in [1.165, 1.54) is 24.3 Å². The van der Waals surface area contributed by atoms with Crippen LogP contribution in [-0.2, 0) is 12.7 Å². The number of aromatic nitrogens is 4. The van der Waals surface area contributed by atoms with Crippen LogP contribution in [0.5, 0.6) is 0 Å². The highest BCUT2D eigenvalue weighted by atomic mass is 19.4. The van der Waals surface area contributed by atoms with E-state index in [-0.39, 0.29) is 11.9 Å². The van der Waals surface area contributed by atoms with Gasteiger partial charge in [-0.1, -0.05) is 24.3 Å². The molecule has 1 aliphatic rings. The van der Waals surface area contributed by atoms with Gasteiger partial charge in [0.1, 0.15) is 5.82 Å². The summed E-state index contributed by atoms with van der Waals surface area (Å²) >= 11 is 0. The molecule has 0 amide bonds. The Morgan fingerprint density at radius 2 is 1.59 bits per heavy atom. The van der Waals surface area contributed by atoms with Gasteiger partial charge in [-0.05, 0) is 71.8 Å². The summed E-state index contributed by atoms with van der Waals surface area (Å²) in [7, 11) is 0. The molecule has 3 aromatic rings. The van der Waals surface area contributed by atoms with Crippen molar-refractivity contribution >= 4 is 0 Å². The average Bonchev–Trinajstić information content (AvgIpc) is 3.37. The van der Waals surface area contributed by atoms with Crippen molar-refractivity contribution in [2.24, 2.45) is 0 Å². The van der Waals surface area contributed by atoms with E-state index < -0.39 is 11.7 Å². The predicted octanol–water partition coefficient (Wildman–Crippen LogP) is 4.06. The van der Waals surface area contributed by atoms with Crippen molar-refractivity contribution in [1.29, 1.82) is 0 Å². The molecule has 2 heterocycles. The number of rotatable bonds is 5. The predicted molar refractivity (Wildman–Crippen MR) is 97.4 cm³/mol. The fourth-order valence-electron chi connectivity index (χ4n) is 3.66. The van der Waals surface area contributed by atoms with Crippen molar-refractivity contribution < 1.29 is 17.6 Å². The van der Waals surface area contributed by atoms with E-state index in [1.54, 1.807) is 16.8 Å². The Morgan fingerprint density at radius 3 is 2.21 bits per heavy atom. The second kappa shape index (κ2) is 7.90. The molecule has 1 aliphatic heterocycles. The van der Waals surface area contributed by atoms with Gasteiger partial charge in [0, 0.05) is 0 Å². The summed E-state index contributed by atoms with van der Waals surface area (Å²) in [5, 5.41) is 12.0. The first-order valence-corrected chi connectivity index (χ1v) is 9.33. The minimum Gasteiger partial charge on any atom is -0.290 e. The average molecular weight is 405 g/mol. The van der Waals surface area contributed by atoms with E-state index in [2.05, 4.69) is 20.4 Å². The van der Waals surface area contributed by atoms with Crippen molar-refractivity contribution in [3.05, 3.63) is 76.9 Å². The number of benzene rings is 2. The number of halogens is 4. The molecular weight excluding hydrogens is 386 g/mol. The lowest BCUT2D eigenvalue weighted by Crippen LogP contribution is -2.29. The fraction of sp³-hybridized carbons (Fsp3) is 0.350. The first-order chi connectivity index (χ1) is 13.9. The standard InChI is InChI=1S/C20H19F4N5/c21-17-9-3-14(4-10-17)13-29-19(25-26-27-29)18(28-11-1-2-12-28)15-5-7-16(8-6-15)20(22,23)24/h3-10,18H,1-2,11-13H2. The smallest absolute Gasteiger partial charge is 0.290 e. The molecule has 0 aliphatic carbocycles. The molecule has 1 aromatic heterocycles. The number of nitrogens with zero attached hydrogens (tertiary/aromatic N) is 5. The molecule has 9 heteroatoms. The van der Waals surface area contributed by atoms with E-state index in [0.29, 0.717) is 17.9 Å². The highest BCUT2D eigenvalue weighted by Crippen LogP contribution is 2.34. The van der Waals surface area contributed by atoms with Gasteiger partial charge in [0.2, 0.25) is 0 Å². The highest BCUT2D eigenvalue weighted by molar-refractivity contribution is 5.30. The Bertz CT molecular complexity index is 944. The van der Waals surface area contributed by atoms with E-state index in [0.717, 1.165) is 43.6 Å². The van der Waals surface area contributed by atoms with Gasteiger partial charge in [-0.2, -0.15) is 13.2 Å². The summed E-state index contributed by atoms with van der Waals surface area (Å²) in [5.41, 5.74) is 0.843. The third-order valence-corrected chi connectivity index (χ3v) is 5.11. The van der Waals surface area contributed by atoms with E-state index in [9.17, 15) is 17.6 Å². The van der Waals surface area contributed by atoms with Crippen molar-refractivity contribution in [2.75, 3.05) is 13.1 Å². The first kappa shape index (κ1) is 19.5. The number of likely N-dealkylation sites (tertiary alicyclic amines) is 1. The van der Waals surface area contributed by atoms with Crippen LogP contribution in [0, 0.1) is 5.82 Å². The Labute approximate surface area is 164 Å². The van der Waals surface area contributed by atoms with Crippen molar-refractivity contribution in [3.8, 4) is 0 Å². The highest BCUT2D eigenvalue weighted by Gasteiger charge is 2.33. The van der Waals surface area contributed by atoms with Crippen LogP contribution >= 0.6 is 0 Å². The van der Waals surface area contributed by atoms with Gasteiger partial charge in [-0.25, -0.2) is 9.07 Å². The molecule has 1 saturated heterocycles. The summed E-state index contributed by atoms with van der Waals surface area (Å²) in [6.45, 7) is 1.97. The zero-order chi connectivity index (χ0) is 20.4. The maximum Gasteiger partial charge on any atom is 0.416 e. The van der Waals surface area contributed by atoms with Crippen LogP contribution in [0.2, 0.25) is 0 Å². The fourth-order valence-corrected chi connectivity index (χ4v) is 3.66. The maximum absolute atomic E-state index is 13.2. The summed E-state index contributed by atoms with van der Waals surface area (Å²) in [6.07, 6.45) is -2.36. The summed E-state index contributed by atoms with van der Waals surface area (Å²) in [4.78, 5) is 2.18. The molecule has 1 fully saturated rings. The van der Waals surface area contributed by atoms with Gasteiger partial charge in [0.05, 0.1) is 18.2 Å². The Balaban J connectivity index is 1.68. The second-order valence-corrected chi connectivity index (χ2v) is 7.09. The number of hydrogen-bond acceptors (Lipinski definition) is 4. The zero-order valence-corrected chi connectivity index (χ0v) is 15.5. The first-order valence-electron chi connectivity index (χ1n) is 9.33. The van der Waals surface area contributed by atoms with Crippen LogP contribution in [0.4, 0.5) is 17.6 Å². The topological polar surface area (TPSA) is 46.8 Å². The normalized spacial score (nSPS) is 16.3. The lowest BCUT2D eigenvalue weighted by molar-refractivity contribution is -0.137. The van der Waals surface area contributed by atoms with Crippen molar-refractivity contribution in [2.45, 2.75) is 31.6 Å². The molecule has 5 nitrogen and oxygen atoms in total. The third-order valence-electron chi connectivity index (χ3n) is 5.11. The van der Waals surface area contributed by atoms with Crippen LogP contribution in [-0.4, -0.2) is 38.2 Å². The molecular formula is C20H19F4N5. The lowest BCUT2D eigenvalue weighted by Gasteiger charge is -2.27. The Kier molecular flexibility index (Phi) is 5.31. The molecule has 2 aromatic carbocycles. The molecule has 1 atom stereocenters. The maximum atomic E-state index is 13.2. The van der Waals surface area contributed by atoms with Crippen LogP contribution in [0.3, 0.4) is 0 Å². The van der Waals surface area contributed by atoms with Gasteiger partial charge in [0.15, 0.2) is 5.82 Å². The molecule has 4 rings (SSSR count). The van der Waals surface area contributed by atoms with Gasteiger partial charge in [-0.3, -0.25) is 4.90 Å². The zero-order valence-electron chi connectivity index (χ0n) is 15.5. The number of hydrogen-bond donors (Lipinski definition) is 0. The van der Waals surface area contributed by atoms with Crippen LogP contribution in [0.1, 0.15) is 41.4 Å². The molecule has 0 spiro atoms. The van der Waals surface area contributed by atoms with E-state index in [4.69, 9.17) is 0 Å². The van der Waals surface area contributed by atoms with Crippen LogP contribution < -0.4 is 0 Å². The van der Waals surface area contributed by atoms with Gasteiger partial charge < -0.3 is 0 Å². The Morgan fingerprint density at radius 1 is 0.931 bits per heavy atom. The Hall–Kier alpha value is -2.81. The van der Waals surface area contributed by atoms with E-state index >= 15 is 0 Å². The minimum absolute atomic E-state index is 0.328. The number of tetrazole rings is 1. The van der Waals surface area contributed by atoms with Crippen LogP contribution in [0.25, 0.3) is 0 Å². The largest absolute Gasteiger partial charge is 0.416 e. The second-order valence-electron chi connectivity index (χ2n) is 7.09. The van der Waals surface area contributed by atoms with Gasteiger partial charge in [0.25, 0.3) is 0 Å². The van der Waals surface area contributed by atoms with E-state index in [1.807, 2.05) is 0 Å². The monoisotopic (exact) mass is 405 g/mol. The molecule has 29 heavy (non-hydrogen) atoms. The SMILES string of the molecule is Fc1ccc(Cn2nnnc2C(c2ccc(C(F)(F)F)cc2)N2CCCC2)cc1. The third kappa shape index (κ3) is 4.29. The van der Waals surface area contributed by atoms with Crippen molar-refractivity contribution in [1.82, 2.24) is 25.1 Å². The van der Waals surface area contributed by atoms with Gasteiger partial charge in [-0.15, -0.1) is 5.10 Å². The van der Waals surface area contributed by atoms with Gasteiger partial charge >= 0.3 is 6.18 Å². The minimum atomic E-state index is -4.38. The molecule has 152 valence electrons. The summed E-state index contributed by atoms with van der Waals surface area (Å²) in [5.74, 6) is 0.223.